The Hall–Kier alpha value is -2.88. The van der Waals surface area contributed by atoms with E-state index >= 15 is 0 Å². The summed E-state index contributed by atoms with van der Waals surface area (Å²) in [6.07, 6.45) is 0.0205. The van der Waals surface area contributed by atoms with Gasteiger partial charge in [0, 0.05) is 0 Å². The predicted octanol–water partition coefficient (Wildman–Crippen LogP) is 2.01. The number of ether oxygens (including phenoxy) is 1. The van der Waals surface area contributed by atoms with Crippen molar-refractivity contribution in [1.82, 2.24) is 5.32 Å². The SMILES string of the molecule is O=C(COC(=O)Cc1ccsc1)NCC(=O)Nc1ccc(F)c(F)c1F. The molecular weight excluding hydrogens is 373 g/mol. The number of amides is 2. The number of carbonyl (C=O) groups excluding carboxylic acids is 3. The second-order valence-corrected chi connectivity index (χ2v) is 5.80. The van der Waals surface area contributed by atoms with Crippen LogP contribution >= 0.6 is 11.3 Å². The van der Waals surface area contributed by atoms with E-state index in [0.717, 1.165) is 11.6 Å². The Morgan fingerprint density at radius 1 is 1.04 bits per heavy atom. The van der Waals surface area contributed by atoms with Crippen molar-refractivity contribution in [2.45, 2.75) is 6.42 Å². The van der Waals surface area contributed by atoms with E-state index in [0.29, 0.717) is 6.07 Å². The highest BCUT2D eigenvalue weighted by molar-refractivity contribution is 7.07. The van der Waals surface area contributed by atoms with Crippen LogP contribution in [0.4, 0.5) is 18.9 Å². The van der Waals surface area contributed by atoms with Crippen molar-refractivity contribution in [3.8, 4) is 0 Å². The van der Waals surface area contributed by atoms with Crippen LogP contribution < -0.4 is 10.6 Å². The van der Waals surface area contributed by atoms with Gasteiger partial charge in [0.15, 0.2) is 24.1 Å². The molecule has 0 saturated heterocycles. The summed E-state index contributed by atoms with van der Waals surface area (Å²) in [5.41, 5.74) is 0.193. The topological polar surface area (TPSA) is 84.5 Å². The summed E-state index contributed by atoms with van der Waals surface area (Å²) in [7, 11) is 0. The summed E-state index contributed by atoms with van der Waals surface area (Å²) in [6.45, 7) is -1.16. The average Bonchev–Trinajstić information content (AvgIpc) is 3.11. The number of anilines is 1. The molecule has 0 aliphatic heterocycles. The average molecular weight is 386 g/mol. The molecule has 2 N–H and O–H groups in total. The summed E-state index contributed by atoms with van der Waals surface area (Å²) >= 11 is 1.42. The molecule has 2 rings (SSSR count). The molecule has 6 nitrogen and oxygen atoms in total. The van der Waals surface area contributed by atoms with Crippen molar-refractivity contribution in [3.63, 3.8) is 0 Å². The molecule has 138 valence electrons. The van der Waals surface area contributed by atoms with E-state index in [9.17, 15) is 27.6 Å². The lowest BCUT2D eigenvalue weighted by Gasteiger charge is -2.09. The van der Waals surface area contributed by atoms with Gasteiger partial charge in [0.2, 0.25) is 5.91 Å². The normalized spacial score (nSPS) is 10.3. The minimum Gasteiger partial charge on any atom is -0.455 e. The zero-order valence-electron chi connectivity index (χ0n) is 13.2. The molecule has 1 aromatic heterocycles. The molecule has 0 fully saturated rings. The number of benzene rings is 1. The highest BCUT2D eigenvalue weighted by Gasteiger charge is 2.16. The number of halogens is 3. The fraction of sp³-hybridized carbons (Fsp3) is 0.188. The van der Waals surface area contributed by atoms with Crippen molar-refractivity contribution in [2.24, 2.45) is 0 Å². The highest BCUT2D eigenvalue weighted by Crippen LogP contribution is 2.19. The molecule has 0 saturated carbocycles. The first kappa shape index (κ1) is 19.4. The minimum absolute atomic E-state index is 0.0205. The molecule has 10 heteroatoms. The molecule has 1 heterocycles. The van der Waals surface area contributed by atoms with Gasteiger partial charge in [-0.2, -0.15) is 11.3 Å². The molecule has 0 bridgehead atoms. The van der Waals surface area contributed by atoms with Crippen LogP contribution in [0.15, 0.2) is 29.0 Å². The molecule has 0 aliphatic carbocycles. The number of rotatable bonds is 7. The lowest BCUT2D eigenvalue weighted by atomic mass is 10.2. The van der Waals surface area contributed by atoms with E-state index in [-0.39, 0.29) is 6.42 Å². The van der Waals surface area contributed by atoms with Crippen molar-refractivity contribution in [2.75, 3.05) is 18.5 Å². The predicted molar refractivity (Wildman–Crippen MR) is 86.9 cm³/mol. The first-order valence-corrected chi connectivity index (χ1v) is 8.18. The van der Waals surface area contributed by atoms with Crippen LogP contribution in [-0.4, -0.2) is 30.9 Å². The third-order valence-corrected chi connectivity index (χ3v) is 3.78. The molecule has 2 amide bonds. The molecule has 0 radical (unpaired) electrons. The quantitative estimate of drug-likeness (QED) is 0.563. The summed E-state index contributed by atoms with van der Waals surface area (Å²) in [5.74, 6) is -6.88. The van der Waals surface area contributed by atoms with Crippen LogP contribution in [0.2, 0.25) is 0 Å². The van der Waals surface area contributed by atoms with Gasteiger partial charge < -0.3 is 15.4 Å². The van der Waals surface area contributed by atoms with Crippen LogP contribution in [0.5, 0.6) is 0 Å². The Morgan fingerprint density at radius 2 is 1.81 bits per heavy atom. The number of esters is 1. The first-order chi connectivity index (χ1) is 12.4. The maximum Gasteiger partial charge on any atom is 0.310 e. The summed E-state index contributed by atoms with van der Waals surface area (Å²) in [6, 6.07) is 3.24. The molecule has 26 heavy (non-hydrogen) atoms. The van der Waals surface area contributed by atoms with E-state index in [2.05, 4.69) is 5.32 Å². The van der Waals surface area contributed by atoms with Crippen molar-refractivity contribution >= 4 is 34.8 Å². The van der Waals surface area contributed by atoms with Gasteiger partial charge in [-0.25, -0.2) is 13.2 Å². The third kappa shape index (κ3) is 5.59. The summed E-state index contributed by atoms with van der Waals surface area (Å²) in [5, 5.41) is 7.69. The fourth-order valence-corrected chi connectivity index (χ4v) is 2.47. The molecule has 0 aliphatic rings. The second-order valence-electron chi connectivity index (χ2n) is 5.02. The second kappa shape index (κ2) is 8.99. The molecule has 0 spiro atoms. The van der Waals surface area contributed by atoms with Crippen LogP contribution in [-0.2, 0) is 25.5 Å². The van der Waals surface area contributed by atoms with Gasteiger partial charge in [0.05, 0.1) is 18.7 Å². The van der Waals surface area contributed by atoms with Gasteiger partial charge in [-0.3, -0.25) is 14.4 Å². The Balaban J connectivity index is 1.72. The Labute approximate surface area is 150 Å². The molecule has 0 atom stereocenters. The van der Waals surface area contributed by atoms with E-state index in [1.54, 1.807) is 16.8 Å². The number of nitrogens with one attached hydrogen (secondary N) is 2. The van der Waals surface area contributed by atoms with Crippen molar-refractivity contribution in [1.29, 1.82) is 0 Å². The Bertz CT molecular complexity index is 812. The van der Waals surface area contributed by atoms with Gasteiger partial charge in [-0.05, 0) is 34.5 Å². The van der Waals surface area contributed by atoms with Crippen molar-refractivity contribution < 1.29 is 32.3 Å². The van der Waals surface area contributed by atoms with Crippen LogP contribution in [0.25, 0.3) is 0 Å². The summed E-state index contributed by atoms with van der Waals surface area (Å²) < 4.78 is 44.0. The summed E-state index contributed by atoms with van der Waals surface area (Å²) in [4.78, 5) is 34.6. The molecule has 0 unspecified atom stereocenters. The largest absolute Gasteiger partial charge is 0.455 e. The Morgan fingerprint density at radius 3 is 2.50 bits per heavy atom. The van der Waals surface area contributed by atoms with Gasteiger partial charge in [0.25, 0.3) is 5.91 Å². The van der Waals surface area contributed by atoms with Crippen molar-refractivity contribution in [3.05, 3.63) is 52.0 Å². The number of hydrogen-bond acceptors (Lipinski definition) is 5. The lowest BCUT2D eigenvalue weighted by Crippen LogP contribution is -2.35. The molecular formula is C16H13F3N2O4S. The first-order valence-electron chi connectivity index (χ1n) is 7.23. The Kier molecular flexibility index (Phi) is 6.73. The maximum atomic E-state index is 13.4. The maximum absolute atomic E-state index is 13.4. The monoisotopic (exact) mass is 386 g/mol. The van der Waals surface area contributed by atoms with E-state index in [1.165, 1.54) is 11.3 Å². The van der Waals surface area contributed by atoms with E-state index < -0.39 is 54.1 Å². The number of thiophene rings is 1. The standard InChI is InChI=1S/C16H13F3N2O4S/c17-10-1-2-11(16(19)15(10)18)21-12(22)6-20-13(23)7-25-14(24)5-9-3-4-26-8-9/h1-4,8H,5-7H2,(H,20,23)(H,21,22). The zero-order chi connectivity index (χ0) is 19.1. The van der Waals surface area contributed by atoms with Crippen LogP contribution in [0.3, 0.4) is 0 Å². The van der Waals surface area contributed by atoms with Gasteiger partial charge >= 0.3 is 5.97 Å². The van der Waals surface area contributed by atoms with Crippen LogP contribution in [0.1, 0.15) is 5.56 Å². The number of hydrogen-bond donors (Lipinski definition) is 2. The zero-order valence-corrected chi connectivity index (χ0v) is 14.0. The van der Waals surface area contributed by atoms with Crippen LogP contribution in [0, 0.1) is 17.5 Å². The highest BCUT2D eigenvalue weighted by atomic mass is 32.1. The fourth-order valence-electron chi connectivity index (χ4n) is 1.80. The number of carbonyl (C=O) groups is 3. The minimum atomic E-state index is -1.72. The molecule has 1 aromatic carbocycles. The lowest BCUT2D eigenvalue weighted by molar-refractivity contribution is -0.147. The van der Waals surface area contributed by atoms with Gasteiger partial charge in [-0.15, -0.1) is 0 Å². The smallest absolute Gasteiger partial charge is 0.310 e. The van der Waals surface area contributed by atoms with E-state index in [1.807, 2.05) is 5.32 Å². The third-order valence-electron chi connectivity index (χ3n) is 3.05. The molecule has 2 aromatic rings. The van der Waals surface area contributed by atoms with Gasteiger partial charge in [0.1, 0.15) is 0 Å². The van der Waals surface area contributed by atoms with Gasteiger partial charge in [-0.1, -0.05) is 0 Å². The van der Waals surface area contributed by atoms with E-state index in [4.69, 9.17) is 4.74 Å².